The number of ether oxygens (including phenoxy) is 1. The Labute approximate surface area is 113 Å². The summed E-state index contributed by atoms with van der Waals surface area (Å²) in [5.41, 5.74) is 0.396. The van der Waals surface area contributed by atoms with Crippen LogP contribution < -0.4 is 5.32 Å². The molecule has 1 aliphatic rings. The highest BCUT2D eigenvalue weighted by Gasteiger charge is 2.19. The van der Waals surface area contributed by atoms with Gasteiger partial charge in [0, 0.05) is 29.9 Å². The topological polar surface area (TPSA) is 51.2 Å². The first-order chi connectivity index (χ1) is 8.16. The molecule has 1 saturated heterocycles. The van der Waals surface area contributed by atoms with Crippen LogP contribution in [0, 0.1) is 0 Å². The molecule has 2 rings (SSSR count). The summed E-state index contributed by atoms with van der Waals surface area (Å²) >= 11 is 9.16. The van der Waals surface area contributed by atoms with Gasteiger partial charge in [-0.2, -0.15) is 0 Å². The number of amides is 1. The molecule has 1 aliphatic heterocycles. The van der Waals surface area contributed by atoms with Gasteiger partial charge in [0.05, 0.1) is 5.56 Å². The van der Waals surface area contributed by atoms with Crippen LogP contribution in [0.15, 0.2) is 16.7 Å². The normalized spacial score (nSPS) is 16.8. The summed E-state index contributed by atoms with van der Waals surface area (Å²) in [5, 5.41) is 3.16. The van der Waals surface area contributed by atoms with E-state index in [4.69, 9.17) is 16.3 Å². The number of halogens is 2. The van der Waals surface area contributed by atoms with Gasteiger partial charge in [-0.3, -0.25) is 4.79 Å². The maximum Gasteiger partial charge on any atom is 0.254 e. The molecule has 1 aromatic rings. The number of pyridine rings is 1. The van der Waals surface area contributed by atoms with Gasteiger partial charge >= 0.3 is 0 Å². The van der Waals surface area contributed by atoms with E-state index in [0.717, 1.165) is 17.3 Å². The summed E-state index contributed by atoms with van der Waals surface area (Å²) in [5.74, 6) is -0.185. The van der Waals surface area contributed by atoms with E-state index in [9.17, 15) is 4.79 Å². The largest absolute Gasteiger partial charge is 0.381 e. The summed E-state index contributed by atoms with van der Waals surface area (Å²) < 4.78 is 5.97. The zero-order chi connectivity index (χ0) is 12.3. The van der Waals surface area contributed by atoms with Gasteiger partial charge in [-0.05, 0) is 34.8 Å². The van der Waals surface area contributed by atoms with Gasteiger partial charge in [0.25, 0.3) is 5.91 Å². The lowest BCUT2D eigenvalue weighted by molar-refractivity contribution is 0.0696. The first-order valence-corrected chi connectivity index (χ1v) is 6.53. The number of nitrogens with zero attached hydrogens (tertiary/aromatic N) is 1. The molecule has 0 radical (unpaired) electrons. The first-order valence-electron chi connectivity index (χ1n) is 5.36. The van der Waals surface area contributed by atoms with E-state index >= 15 is 0 Å². The van der Waals surface area contributed by atoms with E-state index in [-0.39, 0.29) is 17.1 Å². The molecular formula is C11H12BrClN2O2. The number of aromatic nitrogens is 1. The van der Waals surface area contributed by atoms with Crippen molar-refractivity contribution in [3.63, 3.8) is 0 Å². The monoisotopic (exact) mass is 318 g/mol. The summed E-state index contributed by atoms with van der Waals surface area (Å²) in [6.07, 6.45) is 3.24. The third-order valence-corrected chi connectivity index (χ3v) is 3.34. The van der Waals surface area contributed by atoms with Crippen molar-refractivity contribution < 1.29 is 9.53 Å². The van der Waals surface area contributed by atoms with Crippen LogP contribution in [0.3, 0.4) is 0 Å². The number of rotatable bonds is 2. The van der Waals surface area contributed by atoms with Crippen LogP contribution in [0.2, 0.25) is 5.15 Å². The molecule has 2 heterocycles. The standard InChI is InChI=1S/C11H12BrClN2O2/c12-7-5-9(10(13)14-6-7)11(16)15-8-1-3-17-4-2-8/h5-6,8H,1-4H2,(H,15,16). The fraction of sp³-hybridized carbons (Fsp3) is 0.455. The van der Waals surface area contributed by atoms with Gasteiger partial charge in [-0.1, -0.05) is 11.6 Å². The smallest absolute Gasteiger partial charge is 0.254 e. The maximum atomic E-state index is 12.0. The molecular weight excluding hydrogens is 307 g/mol. The molecule has 4 nitrogen and oxygen atoms in total. The minimum Gasteiger partial charge on any atom is -0.381 e. The molecule has 17 heavy (non-hydrogen) atoms. The maximum absolute atomic E-state index is 12.0. The van der Waals surface area contributed by atoms with Crippen molar-refractivity contribution in [2.45, 2.75) is 18.9 Å². The zero-order valence-corrected chi connectivity index (χ0v) is 11.4. The van der Waals surface area contributed by atoms with Crippen LogP contribution >= 0.6 is 27.5 Å². The molecule has 0 aromatic carbocycles. The molecule has 1 amide bonds. The molecule has 0 atom stereocenters. The van der Waals surface area contributed by atoms with Gasteiger partial charge in [0.1, 0.15) is 5.15 Å². The van der Waals surface area contributed by atoms with E-state index in [1.807, 2.05) is 0 Å². The third kappa shape index (κ3) is 3.40. The Hall–Kier alpha value is -0.650. The predicted octanol–water partition coefficient (Wildman–Crippen LogP) is 2.41. The van der Waals surface area contributed by atoms with E-state index in [2.05, 4.69) is 26.2 Å². The van der Waals surface area contributed by atoms with Gasteiger partial charge in [0.15, 0.2) is 0 Å². The highest BCUT2D eigenvalue weighted by molar-refractivity contribution is 9.10. The Morgan fingerprint density at radius 2 is 2.24 bits per heavy atom. The second-order valence-corrected chi connectivity index (χ2v) is 5.13. The molecule has 0 spiro atoms. The highest BCUT2D eigenvalue weighted by Crippen LogP contribution is 2.18. The number of nitrogens with one attached hydrogen (secondary N) is 1. The summed E-state index contributed by atoms with van der Waals surface area (Å²) in [4.78, 5) is 15.9. The van der Waals surface area contributed by atoms with Crippen molar-refractivity contribution in [1.29, 1.82) is 0 Å². The predicted molar refractivity (Wildman–Crippen MR) is 68.3 cm³/mol. The quantitative estimate of drug-likeness (QED) is 0.852. The van der Waals surface area contributed by atoms with Crippen LogP contribution in [0.1, 0.15) is 23.2 Å². The van der Waals surface area contributed by atoms with Crippen molar-refractivity contribution in [3.05, 3.63) is 27.5 Å². The van der Waals surface area contributed by atoms with Gasteiger partial charge in [0.2, 0.25) is 0 Å². The van der Waals surface area contributed by atoms with Crippen LogP contribution in [0.5, 0.6) is 0 Å². The van der Waals surface area contributed by atoms with Gasteiger partial charge in [-0.15, -0.1) is 0 Å². The Bertz CT molecular complexity index is 422. The highest BCUT2D eigenvalue weighted by atomic mass is 79.9. The van der Waals surface area contributed by atoms with Gasteiger partial charge in [-0.25, -0.2) is 4.98 Å². The van der Waals surface area contributed by atoms with E-state index in [1.54, 1.807) is 12.3 Å². The fourth-order valence-electron chi connectivity index (χ4n) is 1.69. The molecule has 1 aromatic heterocycles. The van der Waals surface area contributed by atoms with Crippen LogP contribution in [0.4, 0.5) is 0 Å². The van der Waals surface area contributed by atoms with Crippen molar-refractivity contribution >= 4 is 33.4 Å². The SMILES string of the molecule is O=C(NC1CCOCC1)c1cc(Br)cnc1Cl. The van der Waals surface area contributed by atoms with Gasteiger partial charge < -0.3 is 10.1 Å². The molecule has 92 valence electrons. The van der Waals surface area contributed by atoms with Crippen molar-refractivity contribution in [2.24, 2.45) is 0 Å². The number of hydrogen-bond donors (Lipinski definition) is 1. The van der Waals surface area contributed by atoms with E-state index in [1.165, 1.54) is 0 Å². The molecule has 1 N–H and O–H groups in total. The first kappa shape index (κ1) is 12.8. The average molecular weight is 320 g/mol. The fourth-order valence-corrected chi connectivity index (χ4v) is 2.21. The lowest BCUT2D eigenvalue weighted by Crippen LogP contribution is -2.39. The lowest BCUT2D eigenvalue weighted by atomic mass is 10.1. The Balaban J connectivity index is 2.05. The molecule has 0 bridgehead atoms. The van der Waals surface area contributed by atoms with E-state index < -0.39 is 0 Å². The van der Waals surface area contributed by atoms with E-state index in [0.29, 0.717) is 18.8 Å². The molecule has 0 unspecified atom stereocenters. The Morgan fingerprint density at radius 3 is 2.94 bits per heavy atom. The second-order valence-electron chi connectivity index (χ2n) is 3.85. The molecule has 0 aliphatic carbocycles. The number of carbonyl (C=O) groups is 1. The Kier molecular flexibility index (Phi) is 4.36. The summed E-state index contributed by atoms with van der Waals surface area (Å²) in [7, 11) is 0. The number of carbonyl (C=O) groups excluding carboxylic acids is 1. The van der Waals surface area contributed by atoms with Crippen molar-refractivity contribution in [2.75, 3.05) is 13.2 Å². The summed E-state index contributed by atoms with van der Waals surface area (Å²) in [6, 6.07) is 1.83. The third-order valence-electron chi connectivity index (χ3n) is 2.61. The molecule has 6 heteroatoms. The van der Waals surface area contributed by atoms with Crippen molar-refractivity contribution in [3.8, 4) is 0 Å². The molecule has 1 fully saturated rings. The lowest BCUT2D eigenvalue weighted by Gasteiger charge is -2.23. The Morgan fingerprint density at radius 1 is 1.53 bits per heavy atom. The summed E-state index contributed by atoms with van der Waals surface area (Å²) in [6.45, 7) is 1.38. The van der Waals surface area contributed by atoms with Crippen LogP contribution in [-0.2, 0) is 4.74 Å². The number of hydrogen-bond acceptors (Lipinski definition) is 3. The minimum absolute atomic E-state index is 0.159. The average Bonchev–Trinajstić information content (AvgIpc) is 2.33. The second kappa shape index (κ2) is 5.80. The van der Waals surface area contributed by atoms with Crippen LogP contribution in [-0.4, -0.2) is 30.1 Å². The van der Waals surface area contributed by atoms with Crippen LogP contribution in [0.25, 0.3) is 0 Å². The van der Waals surface area contributed by atoms with Crippen molar-refractivity contribution in [1.82, 2.24) is 10.3 Å². The zero-order valence-electron chi connectivity index (χ0n) is 9.08. The molecule has 0 saturated carbocycles. The minimum atomic E-state index is -0.185.